The van der Waals surface area contributed by atoms with E-state index in [1.807, 2.05) is 6.07 Å². The van der Waals surface area contributed by atoms with Gasteiger partial charge in [0.15, 0.2) is 0 Å². The largest absolute Gasteiger partial charge is 0.393 e. The Morgan fingerprint density at radius 2 is 1.74 bits per heavy atom. The van der Waals surface area contributed by atoms with Crippen LogP contribution in [0.2, 0.25) is 0 Å². The molecule has 1 aromatic heterocycles. The summed E-state index contributed by atoms with van der Waals surface area (Å²) in [6, 6.07) is 2.23. The maximum Gasteiger partial charge on any atom is 0.145 e. The van der Waals surface area contributed by atoms with E-state index in [9.17, 15) is 5.11 Å². The number of hydrogen-bond donors (Lipinski definition) is 4. The van der Waals surface area contributed by atoms with Crippen LogP contribution in [0, 0.1) is 0 Å². The first-order chi connectivity index (χ1) is 9.24. The summed E-state index contributed by atoms with van der Waals surface area (Å²) in [5.41, 5.74) is 2.60. The number of nitrogen functional groups attached to an aromatic ring is 1. The third-order valence-corrected chi connectivity index (χ3v) is 3.88. The molecule has 0 unspecified atom stereocenters. The monoisotopic (exact) mass is 263 g/mol. The number of hydrogen-bond acceptors (Lipinski definition) is 6. The fraction of sp³-hybridized carbons (Fsp3) is 0.692. The van der Waals surface area contributed by atoms with Gasteiger partial charge in [0, 0.05) is 18.0 Å². The Bertz CT molecular complexity index is 441. The summed E-state index contributed by atoms with van der Waals surface area (Å²) in [7, 11) is 0. The van der Waals surface area contributed by atoms with E-state index in [2.05, 4.69) is 20.7 Å². The van der Waals surface area contributed by atoms with Gasteiger partial charge < -0.3 is 15.8 Å². The summed E-state index contributed by atoms with van der Waals surface area (Å²) < 4.78 is 0. The van der Waals surface area contributed by atoms with E-state index in [1.165, 1.54) is 12.8 Å². The van der Waals surface area contributed by atoms with Crippen molar-refractivity contribution in [2.75, 3.05) is 10.7 Å². The van der Waals surface area contributed by atoms with E-state index in [-0.39, 0.29) is 6.10 Å². The summed E-state index contributed by atoms with van der Waals surface area (Å²) in [6.07, 6.45) is 5.89. The Balaban J connectivity index is 1.70. The zero-order valence-electron chi connectivity index (χ0n) is 11.0. The summed E-state index contributed by atoms with van der Waals surface area (Å²) in [6.45, 7) is 0. The molecule has 19 heavy (non-hydrogen) atoms. The molecule has 2 aliphatic carbocycles. The number of rotatable bonds is 4. The average Bonchev–Trinajstić information content (AvgIpc) is 3.25. The number of aliphatic hydroxyl groups is 1. The molecule has 0 radical (unpaired) electrons. The molecule has 2 saturated carbocycles. The summed E-state index contributed by atoms with van der Waals surface area (Å²) in [5, 5.41) is 13.0. The van der Waals surface area contributed by atoms with E-state index in [0.29, 0.717) is 17.8 Å². The van der Waals surface area contributed by atoms with Crippen LogP contribution in [-0.4, -0.2) is 27.2 Å². The highest BCUT2D eigenvalue weighted by Crippen LogP contribution is 2.39. The molecule has 0 atom stereocenters. The van der Waals surface area contributed by atoms with Crippen molar-refractivity contribution in [2.24, 2.45) is 5.84 Å². The van der Waals surface area contributed by atoms with Gasteiger partial charge in [-0.25, -0.2) is 15.8 Å². The van der Waals surface area contributed by atoms with Crippen LogP contribution in [0.25, 0.3) is 0 Å². The number of aliphatic hydroxyl groups excluding tert-OH is 1. The van der Waals surface area contributed by atoms with Crippen molar-refractivity contribution < 1.29 is 5.11 Å². The van der Waals surface area contributed by atoms with Gasteiger partial charge in [-0.2, -0.15) is 0 Å². The van der Waals surface area contributed by atoms with Crippen molar-refractivity contribution in [3.05, 3.63) is 11.9 Å². The fourth-order valence-electron chi connectivity index (χ4n) is 2.57. The number of hydrazine groups is 1. The van der Waals surface area contributed by atoms with Crippen LogP contribution >= 0.6 is 0 Å². The molecule has 6 nitrogen and oxygen atoms in total. The van der Waals surface area contributed by atoms with Crippen LogP contribution in [0.1, 0.15) is 50.3 Å². The molecule has 0 aliphatic heterocycles. The average molecular weight is 263 g/mol. The topological polar surface area (TPSA) is 96.1 Å². The minimum atomic E-state index is -0.133. The number of nitrogens with two attached hydrogens (primary N) is 1. The van der Waals surface area contributed by atoms with Crippen molar-refractivity contribution in [3.8, 4) is 0 Å². The molecule has 3 rings (SSSR count). The zero-order valence-corrected chi connectivity index (χ0v) is 11.0. The first-order valence-electron chi connectivity index (χ1n) is 7.05. The van der Waals surface area contributed by atoms with Crippen molar-refractivity contribution in [3.63, 3.8) is 0 Å². The quantitative estimate of drug-likeness (QED) is 0.484. The van der Waals surface area contributed by atoms with Crippen LogP contribution in [-0.2, 0) is 0 Å². The van der Waals surface area contributed by atoms with Crippen LogP contribution in [0.4, 0.5) is 11.6 Å². The van der Waals surface area contributed by atoms with Crippen LogP contribution in [0.15, 0.2) is 6.07 Å². The molecule has 0 amide bonds. The van der Waals surface area contributed by atoms with E-state index in [1.54, 1.807) is 0 Å². The Morgan fingerprint density at radius 1 is 1.05 bits per heavy atom. The third kappa shape index (κ3) is 3.13. The lowest BCUT2D eigenvalue weighted by atomic mass is 9.93. The van der Waals surface area contributed by atoms with Gasteiger partial charge in [0.2, 0.25) is 0 Å². The van der Waals surface area contributed by atoms with Gasteiger partial charge >= 0.3 is 0 Å². The molecule has 2 fully saturated rings. The minimum absolute atomic E-state index is 0.133. The first-order valence-corrected chi connectivity index (χ1v) is 7.05. The predicted molar refractivity (Wildman–Crippen MR) is 73.7 cm³/mol. The van der Waals surface area contributed by atoms with Crippen LogP contribution in [0.5, 0.6) is 0 Å². The molecular weight excluding hydrogens is 242 g/mol. The molecule has 0 saturated heterocycles. The predicted octanol–water partition coefficient (Wildman–Crippen LogP) is 1.35. The Morgan fingerprint density at radius 3 is 2.37 bits per heavy atom. The summed E-state index contributed by atoms with van der Waals surface area (Å²) in [4.78, 5) is 8.97. The Kier molecular flexibility index (Phi) is 3.52. The molecule has 1 heterocycles. The highest BCUT2D eigenvalue weighted by Gasteiger charge is 2.28. The van der Waals surface area contributed by atoms with Crippen LogP contribution < -0.4 is 16.6 Å². The maximum absolute atomic E-state index is 9.52. The molecule has 0 aromatic carbocycles. The highest BCUT2D eigenvalue weighted by atomic mass is 16.3. The zero-order chi connectivity index (χ0) is 13.2. The van der Waals surface area contributed by atoms with Gasteiger partial charge in [-0.1, -0.05) is 0 Å². The fourth-order valence-corrected chi connectivity index (χ4v) is 2.57. The Labute approximate surface area is 112 Å². The van der Waals surface area contributed by atoms with Gasteiger partial charge in [-0.3, -0.25) is 0 Å². The van der Waals surface area contributed by atoms with Crippen molar-refractivity contribution in [1.82, 2.24) is 9.97 Å². The second kappa shape index (κ2) is 5.30. The number of nitrogens with zero attached hydrogens (tertiary/aromatic N) is 2. The number of aromatic nitrogens is 2. The van der Waals surface area contributed by atoms with Gasteiger partial charge in [0.1, 0.15) is 17.5 Å². The molecular formula is C13H21N5O. The SMILES string of the molecule is NNc1cc(NC2CCC(O)CC2)nc(C2CC2)n1. The van der Waals surface area contributed by atoms with Crippen molar-refractivity contribution in [2.45, 2.75) is 56.6 Å². The van der Waals surface area contributed by atoms with E-state index in [0.717, 1.165) is 37.3 Å². The third-order valence-electron chi connectivity index (χ3n) is 3.88. The lowest BCUT2D eigenvalue weighted by Crippen LogP contribution is -2.28. The molecule has 2 aliphatic rings. The maximum atomic E-state index is 9.52. The van der Waals surface area contributed by atoms with Gasteiger partial charge in [-0.05, 0) is 38.5 Å². The number of nitrogens with one attached hydrogen (secondary N) is 2. The lowest BCUT2D eigenvalue weighted by Gasteiger charge is -2.26. The standard InChI is InChI=1S/C13H21N5O/c14-18-12-7-11(16-13(17-12)8-1-2-8)15-9-3-5-10(19)6-4-9/h7-10,19H,1-6,14H2,(H2,15,16,17,18). The molecule has 0 bridgehead atoms. The second-order valence-electron chi connectivity index (χ2n) is 5.57. The second-order valence-corrected chi connectivity index (χ2v) is 5.57. The van der Waals surface area contributed by atoms with E-state index >= 15 is 0 Å². The normalized spacial score (nSPS) is 27.1. The lowest BCUT2D eigenvalue weighted by molar-refractivity contribution is 0.126. The summed E-state index contributed by atoms with van der Waals surface area (Å²) in [5.74, 6) is 8.34. The number of anilines is 2. The van der Waals surface area contributed by atoms with Crippen LogP contribution in [0.3, 0.4) is 0 Å². The van der Waals surface area contributed by atoms with Gasteiger partial charge in [0.05, 0.1) is 6.10 Å². The Hall–Kier alpha value is -1.40. The minimum Gasteiger partial charge on any atom is -0.393 e. The smallest absolute Gasteiger partial charge is 0.145 e. The van der Waals surface area contributed by atoms with E-state index in [4.69, 9.17) is 5.84 Å². The first kappa shape index (κ1) is 12.6. The van der Waals surface area contributed by atoms with Gasteiger partial charge in [-0.15, -0.1) is 0 Å². The van der Waals surface area contributed by atoms with E-state index < -0.39 is 0 Å². The summed E-state index contributed by atoms with van der Waals surface area (Å²) >= 11 is 0. The highest BCUT2D eigenvalue weighted by molar-refractivity contribution is 5.48. The molecule has 6 heteroatoms. The molecule has 5 N–H and O–H groups in total. The van der Waals surface area contributed by atoms with Crippen molar-refractivity contribution >= 4 is 11.6 Å². The molecule has 1 aromatic rings. The van der Waals surface area contributed by atoms with Gasteiger partial charge in [0.25, 0.3) is 0 Å². The molecule has 0 spiro atoms. The molecule has 104 valence electrons. The van der Waals surface area contributed by atoms with Crippen molar-refractivity contribution in [1.29, 1.82) is 0 Å².